The number of nitrogens with one attached hydrogen (secondary N) is 1. The minimum absolute atomic E-state index is 0.637. The highest BCUT2D eigenvalue weighted by molar-refractivity contribution is 9.10. The summed E-state index contributed by atoms with van der Waals surface area (Å²) < 4.78 is 8.24. The Bertz CT molecular complexity index is 926. The van der Waals surface area contributed by atoms with Crippen LogP contribution in [-0.4, -0.2) is 41.1 Å². The summed E-state index contributed by atoms with van der Waals surface area (Å²) in [5.74, 6) is 0.829. The molecule has 0 atom stereocenters. The van der Waals surface area contributed by atoms with Crippen LogP contribution < -0.4 is 10.2 Å². The molecule has 1 fully saturated rings. The van der Waals surface area contributed by atoms with Crippen molar-refractivity contribution in [2.24, 2.45) is 0 Å². The smallest absolute Gasteiger partial charge is 0.128 e. The average molecular weight is 449 g/mol. The van der Waals surface area contributed by atoms with Gasteiger partial charge in [-0.15, -0.1) is 0 Å². The van der Waals surface area contributed by atoms with E-state index in [-0.39, 0.29) is 0 Å². The summed E-state index contributed by atoms with van der Waals surface area (Å²) in [6, 6.07) is 9.69. The first kappa shape index (κ1) is 18.3. The van der Waals surface area contributed by atoms with E-state index in [4.69, 9.17) is 16.3 Å². The fourth-order valence-electron chi connectivity index (χ4n) is 2.98. The number of halogens is 2. The normalized spacial score (nSPS) is 14.4. The van der Waals surface area contributed by atoms with Crippen molar-refractivity contribution in [2.75, 3.05) is 36.5 Å². The lowest BCUT2D eigenvalue weighted by Crippen LogP contribution is -2.36. The number of nitrogens with zero attached hydrogens (tertiary/aromatic N) is 4. The Kier molecular flexibility index (Phi) is 5.61. The molecule has 140 valence electrons. The third-order valence-electron chi connectivity index (χ3n) is 4.37. The van der Waals surface area contributed by atoms with Gasteiger partial charge >= 0.3 is 0 Å². The Morgan fingerprint density at radius 3 is 2.85 bits per heavy atom. The molecule has 0 bridgehead atoms. The first-order valence-corrected chi connectivity index (χ1v) is 9.88. The van der Waals surface area contributed by atoms with Crippen LogP contribution in [0.15, 0.2) is 53.4 Å². The van der Waals surface area contributed by atoms with Gasteiger partial charge in [0, 0.05) is 48.7 Å². The highest BCUT2D eigenvalue weighted by Crippen LogP contribution is 2.28. The first-order chi connectivity index (χ1) is 13.2. The molecule has 8 heteroatoms. The number of ether oxygens (including phenoxy) is 1. The Balaban J connectivity index is 1.44. The van der Waals surface area contributed by atoms with E-state index in [1.165, 1.54) is 0 Å². The second-order valence-corrected chi connectivity index (χ2v) is 7.54. The molecule has 4 rings (SSSR count). The van der Waals surface area contributed by atoms with Crippen LogP contribution >= 0.6 is 27.5 Å². The average Bonchev–Trinajstić information content (AvgIpc) is 3.17. The van der Waals surface area contributed by atoms with Crippen LogP contribution in [0.1, 0.15) is 5.56 Å². The largest absolute Gasteiger partial charge is 0.378 e. The zero-order chi connectivity index (χ0) is 18.6. The minimum atomic E-state index is 0.637. The molecule has 1 aliphatic rings. The van der Waals surface area contributed by atoms with Crippen molar-refractivity contribution in [3.63, 3.8) is 0 Å². The number of rotatable bonds is 5. The molecule has 6 nitrogen and oxygen atoms in total. The van der Waals surface area contributed by atoms with Gasteiger partial charge in [-0.3, -0.25) is 0 Å². The van der Waals surface area contributed by atoms with Gasteiger partial charge in [-0.2, -0.15) is 5.10 Å². The molecule has 0 aliphatic carbocycles. The van der Waals surface area contributed by atoms with Crippen LogP contribution in [0.2, 0.25) is 5.02 Å². The van der Waals surface area contributed by atoms with Crippen molar-refractivity contribution in [2.45, 2.75) is 6.54 Å². The Morgan fingerprint density at radius 2 is 2.04 bits per heavy atom. The fraction of sp³-hybridized carbons (Fsp3) is 0.263. The number of pyridine rings is 1. The second-order valence-electron chi connectivity index (χ2n) is 6.25. The maximum absolute atomic E-state index is 6.06. The van der Waals surface area contributed by atoms with E-state index >= 15 is 0 Å². The summed E-state index contributed by atoms with van der Waals surface area (Å²) in [5, 5.41) is 8.48. The topological polar surface area (TPSA) is 55.2 Å². The van der Waals surface area contributed by atoms with Gasteiger partial charge < -0.3 is 15.0 Å². The molecule has 1 N–H and O–H groups in total. The summed E-state index contributed by atoms with van der Waals surface area (Å²) in [5.41, 5.74) is 3.13. The number of aromatic nitrogens is 3. The summed E-state index contributed by atoms with van der Waals surface area (Å²) in [7, 11) is 0. The van der Waals surface area contributed by atoms with Crippen molar-refractivity contribution in [3.05, 3.63) is 64.0 Å². The van der Waals surface area contributed by atoms with Gasteiger partial charge in [-0.1, -0.05) is 17.7 Å². The molecule has 0 amide bonds. The molecule has 1 saturated heterocycles. The standard InChI is InChI=1S/C19H19BrClN5O/c20-17-12-23-19(9-18(17)25-4-6-27-7-5-25)22-10-14-11-24-26(13-14)16-3-1-2-15(21)8-16/h1-3,8-9,11-13H,4-7,10H2,(H,22,23). The van der Waals surface area contributed by atoms with E-state index in [2.05, 4.69) is 42.3 Å². The van der Waals surface area contributed by atoms with E-state index in [0.717, 1.165) is 53.5 Å². The van der Waals surface area contributed by atoms with E-state index in [0.29, 0.717) is 11.6 Å². The number of morpholine rings is 1. The van der Waals surface area contributed by atoms with Crippen LogP contribution in [0.25, 0.3) is 5.69 Å². The lowest BCUT2D eigenvalue weighted by Gasteiger charge is -2.29. The third-order valence-corrected chi connectivity index (χ3v) is 5.22. The lowest BCUT2D eigenvalue weighted by molar-refractivity contribution is 0.122. The van der Waals surface area contributed by atoms with Crippen molar-refractivity contribution >= 4 is 39.0 Å². The fourth-order valence-corrected chi connectivity index (χ4v) is 3.63. The Morgan fingerprint density at radius 1 is 1.19 bits per heavy atom. The Labute approximate surface area is 171 Å². The van der Waals surface area contributed by atoms with Gasteiger partial charge in [0.1, 0.15) is 5.82 Å². The molecule has 0 saturated carbocycles. The van der Waals surface area contributed by atoms with Crippen LogP contribution in [0, 0.1) is 0 Å². The molecular weight excluding hydrogens is 430 g/mol. The van der Waals surface area contributed by atoms with Gasteiger partial charge in [-0.25, -0.2) is 9.67 Å². The number of hydrogen-bond acceptors (Lipinski definition) is 5. The molecule has 3 heterocycles. The molecule has 3 aromatic rings. The van der Waals surface area contributed by atoms with Gasteiger partial charge in [-0.05, 0) is 34.1 Å². The van der Waals surface area contributed by atoms with E-state index in [9.17, 15) is 0 Å². The summed E-state index contributed by atoms with van der Waals surface area (Å²) in [4.78, 5) is 6.77. The molecule has 0 unspecified atom stereocenters. The summed E-state index contributed by atoms with van der Waals surface area (Å²) >= 11 is 9.66. The van der Waals surface area contributed by atoms with Gasteiger partial charge in [0.15, 0.2) is 0 Å². The molecule has 1 aromatic carbocycles. The predicted molar refractivity (Wildman–Crippen MR) is 111 cm³/mol. The van der Waals surface area contributed by atoms with Crippen molar-refractivity contribution in [1.82, 2.24) is 14.8 Å². The summed E-state index contributed by atoms with van der Waals surface area (Å²) in [6.07, 6.45) is 5.67. The summed E-state index contributed by atoms with van der Waals surface area (Å²) in [6.45, 7) is 3.90. The highest BCUT2D eigenvalue weighted by atomic mass is 79.9. The maximum Gasteiger partial charge on any atom is 0.128 e. The molecule has 1 aliphatic heterocycles. The number of anilines is 2. The van der Waals surface area contributed by atoms with Gasteiger partial charge in [0.05, 0.1) is 35.3 Å². The number of benzene rings is 1. The predicted octanol–water partition coefficient (Wildman–Crippen LogP) is 4.13. The van der Waals surface area contributed by atoms with Crippen molar-refractivity contribution < 1.29 is 4.74 Å². The van der Waals surface area contributed by atoms with Crippen LogP contribution in [0.5, 0.6) is 0 Å². The molecule has 0 spiro atoms. The minimum Gasteiger partial charge on any atom is -0.378 e. The van der Waals surface area contributed by atoms with Crippen molar-refractivity contribution in [1.29, 1.82) is 0 Å². The first-order valence-electron chi connectivity index (χ1n) is 8.71. The lowest BCUT2D eigenvalue weighted by atomic mass is 10.3. The highest BCUT2D eigenvalue weighted by Gasteiger charge is 2.15. The van der Waals surface area contributed by atoms with Gasteiger partial charge in [0.2, 0.25) is 0 Å². The third kappa shape index (κ3) is 4.43. The second kappa shape index (κ2) is 8.29. The van der Waals surface area contributed by atoms with Crippen molar-refractivity contribution in [3.8, 4) is 5.69 Å². The molecule has 2 aromatic heterocycles. The monoisotopic (exact) mass is 447 g/mol. The zero-order valence-electron chi connectivity index (χ0n) is 14.6. The molecular formula is C19H19BrClN5O. The van der Waals surface area contributed by atoms with Crippen LogP contribution in [0.4, 0.5) is 11.5 Å². The van der Waals surface area contributed by atoms with E-state index < -0.39 is 0 Å². The molecule has 27 heavy (non-hydrogen) atoms. The molecule has 0 radical (unpaired) electrons. The Hall–Kier alpha value is -2.09. The quantitative estimate of drug-likeness (QED) is 0.636. The van der Waals surface area contributed by atoms with Crippen LogP contribution in [-0.2, 0) is 11.3 Å². The van der Waals surface area contributed by atoms with E-state index in [1.54, 1.807) is 0 Å². The van der Waals surface area contributed by atoms with E-state index in [1.807, 2.05) is 47.5 Å². The van der Waals surface area contributed by atoms with Gasteiger partial charge in [0.25, 0.3) is 0 Å². The zero-order valence-corrected chi connectivity index (χ0v) is 16.9. The maximum atomic E-state index is 6.06. The van der Waals surface area contributed by atoms with Crippen LogP contribution in [0.3, 0.4) is 0 Å². The number of hydrogen-bond donors (Lipinski definition) is 1. The SMILES string of the molecule is Clc1cccc(-n2cc(CNc3cc(N4CCOCC4)c(Br)cn3)cn2)c1.